The minimum absolute atomic E-state index is 0.00731. The Balaban J connectivity index is 1.26. The molecule has 2 aromatic carbocycles. The van der Waals surface area contributed by atoms with Gasteiger partial charge in [-0.1, -0.05) is 25.1 Å². The lowest BCUT2D eigenvalue weighted by Crippen LogP contribution is -2.50. The number of hydrogen-bond acceptors (Lipinski definition) is 6. The Hall–Kier alpha value is -3.35. The highest BCUT2D eigenvalue weighted by Gasteiger charge is 2.21. The van der Waals surface area contributed by atoms with Crippen molar-refractivity contribution in [1.82, 2.24) is 15.1 Å². The molecule has 0 aliphatic carbocycles. The largest absolute Gasteiger partial charge is 0.484 e. The molecule has 0 unspecified atom stereocenters. The summed E-state index contributed by atoms with van der Waals surface area (Å²) in [5, 5.41) is 8.11. The van der Waals surface area contributed by atoms with Gasteiger partial charge in [-0.15, -0.1) is 10.2 Å². The summed E-state index contributed by atoms with van der Waals surface area (Å²) >= 11 is 0. The van der Waals surface area contributed by atoms with Crippen molar-refractivity contribution in [2.24, 2.45) is 0 Å². The third kappa shape index (κ3) is 4.79. The Morgan fingerprint density at radius 2 is 1.73 bits per heavy atom. The fourth-order valence-electron chi connectivity index (χ4n) is 3.47. The second-order valence-electron chi connectivity index (χ2n) is 7.27. The van der Waals surface area contributed by atoms with Gasteiger partial charge >= 0.3 is 0 Å². The van der Waals surface area contributed by atoms with Gasteiger partial charge in [0.1, 0.15) is 5.75 Å². The Morgan fingerprint density at radius 3 is 2.43 bits per heavy atom. The summed E-state index contributed by atoms with van der Waals surface area (Å²) in [4.78, 5) is 16.7. The molecule has 2 heterocycles. The molecule has 0 bridgehead atoms. The second kappa shape index (κ2) is 9.43. The lowest BCUT2D eigenvalue weighted by atomic mass is 10.2. The maximum absolute atomic E-state index is 12.5. The number of hydrogen-bond donors (Lipinski definition) is 0. The Kier molecular flexibility index (Phi) is 6.27. The molecule has 3 aromatic rings. The van der Waals surface area contributed by atoms with E-state index in [0.717, 1.165) is 31.5 Å². The third-order valence-corrected chi connectivity index (χ3v) is 5.15. The summed E-state index contributed by atoms with van der Waals surface area (Å²) in [6.07, 6.45) is 1.74. The highest BCUT2D eigenvalue weighted by Crippen LogP contribution is 2.22. The van der Waals surface area contributed by atoms with Gasteiger partial charge in [-0.3, -0.25) is 4.79 Å². The SMILES string of the molecule is CCCc1nnc(-c2ccc(OCC(=O)N3CCN(c4ccccc4)CC3)cc2)o1. The van der Waals surface area contributed by atoms with Crippen LogP contribution in [0.4, 0.5) is 5.69 Å². The number of amides is 1. The number of para-hydroxylation sites is 1. The highest BCUT2D eigenvalue weighted by atomic mass is 16.5. The number of aryl methyl sites for hydroxylation is 1. The molecule has 0 saturated carbocycles. The van der Waals surface area contributed by atoms with Crippen LogP contribution in [0.25, 0.3) is 11.5 Å². The van der Waals surface area contributed by atoms with E-state index in [2.05, 4.69) is 34.2 Å². The van der Waals surface area contributed by atoms with Gasteiger partial charge in [0, 0.05) is 43.9 Å². The zero-order chi connectivity index (χ0) is 20.8. The molecule has 7 nitrogen and oxygen atoms in total. The number of aromatic nitrogens is 2. The van der Waals surface area contributed by atoms with Crippen molar-refractivity contribution in [2.75, 3.05) is 37.7 Å². The van der Waals surface area contributed by atoms with Gasteiger partial charge in [-0.05, 0) is 42.8 Å². The van der Waals surface area contributed by atoms with Crippen LogP contribution in [0, 0.1) is 0 Å². The lowest BCUT2D eigenvalue weighted by molar-refractivity contribution is -0.133. The molecule has 30 heavy (non-hydrogen) atoms. The lowest BCUT2D eigenvalue weighted by Gasteiger charge is -2.36. The topological polar surface area (TPSA) is 71.7 Å². The number of rotatable bonds is 7. The van der Waals surface area contributed by atoms with Crippen LogP contribution < -0.4 is 9.64 Å². The minimum Gasteiger partial charge on any atom is -0.484 e. The zero-order valence-corrected chi connectivity index (χ0v) is 17.2. The molecular weight excluding hydrogens is 380 g/mol. The van der Waals surface area contributed by atoms with Crippen LogP contribution in [0.3, 0.4) is 0 Å². The van der Waals surface area contributed by atoms with E-state index in [9.17, 15) is 4.79 Å². The third-order valence-electron chi connectivity index (χ3n) is 5.15. The fraction of sp³-hybridized carbons (Fsp3) is 0.348. The van der Waals surface area contributed by atoms with E-state index in [4.69, 9.17) is 9.15 Å². The smallest absolute Gasteiger partial charge is 0.260 e. The fourth-order valence-corrected chi connectivity index (χ4v) is 3.47. The molecule has 156 valence electrons. The van der Waals surface area contributed by atoms with Crippen molar-refractivity contribution in [3.8, 4) is 17.2 Å². The van der Waals surface area contributed by atoms with Crippen LogP contribution in [-0.4, -0.2) is 53.8 Å². The first-order valence-corrected chi connectivity index (χ1v) is 10.4. The Bertz CT molecular complexity index is 948. The summed E-state index contributed by atoms with van der Waals surface area (Å²) < 4.78 is 11.3. The van der Waals surface area contributed by atoms with Crippen LogP contribution in [-0.2, 0) is 11.2 Å². The molecule has 0 spiro atoms. The molecule has 1 fully saturated rings. The van der Waals surface area contributed by atoms with Crippen molar-refractivity contribution < 1.29 is 13.9 Å². The average Bonchev–Trinajstić information content (AvgIpc) is 3.27. The van der Waals surface area contributed by atoms with Gasteiger partial charge in [-0.25, -0.2) is 0 Å². The molecular formula is C23H26N4O3. The first-order chi connectivity index (χ1) is 14.7. The van der Waals surface area contributed by atoms with E-state index < -0.39 is 0 Å². The summed E-state index contributed by atoms with van der Waals surface area (Å²) in [5.74, 6) is 1.79. The molecule has 0 N–H and O–H groups in total. The van der Waals surface area contributed by atoms with Crippen molar-refractivity contribution in [3.63, 3.8) is 0 Å². The van der Waals surface area contributed by atoms with Gasteiger partial charge < -0.3 is 19.0 Å². The summed E-state index contributed by atoms with van der Waals surface area (Å²) in [6, 6.07) is 17.6. The summed E-state index contributed by atoms with van der Waals surface area (Å²) in [5.41, 5.74) is 2.03. The van der Waals surface area contributed by atoms with Crippen LogP contribution in [0.15, 0.2) is 59.0 Å². The van der Waals surface area contributed by atoms with E-state index in [-0.39, 0.29) is 12.5 Å². The maximum Gasteiger partial charge on any atom is 0.260 e. The summed E-state index contributed by atoms with van der Waals surface area (Å²) in [7, 11) is 0. The van der Waals surface area contributed by atoms with E-state index in [1.165, 1.54) is 5.69 Å². The van der Waals surface area contributed by atoms with E-state index >= 15 is 0 Å². The van der Waals surface area contributed by atoms with Crippen LogP contribution >= 0.6 is 0 Å². The molecule has 0 atom stereocenters. The van der Waals surface area contributed by atoms with Crippen molar-refractivity contribution >= 4 is 11.6 Å². The number of anilines is 1. The minimum atomic E-state index is 0.00731. The predicted molar refractivity (Wildman–Crippen MR) is 114 cm³/mol. The van der Waals surface area contributed by atoms with E-state index in [1.54, 1.807) is 0 Å². The van der Waals surface area contributed by atoms with Crippen molar-refractivity contribution in [1.29, 1.82) is 0 Å². The number of ether oxygens (including phenoxy) is 1. The maximum atomic E-state index is 12.5. The Morgan fingerprint density at radius 1 is 1.00 bits per heavy atom. The highest BCUT2D eigenvalue weighted by molar-refractivity contribution is 5.78. The number of nitrogens with zero attached hydrogens (tertiary/aromatic N) is 4. The quantitative estimate of drug-likeness (QED) is 0.599. The van der Waals surface area contributed by atoms with Gasteiger partial charge in [0.2, 0.25) is 11.8 Å². The number of carbonyl (C=O) groups excluding carboxylic acids is 1. The number of carbonyl (C=O) groups is 1. The monoisotopic (exact) mass is 406 g/mol. The van der Waals surface area contributed by atoms with E-state index in [1.807, 2.05) is 47.4 Å². The number of piperazine rings is 1. The van der Waals surface area contributed by atoms with E-state index in [0.29, 0.717) is 30.6 Å². The first-order valence-electron chi connectivity index (χ1n) is 10.4. The normalized spacial score (nSPS) is 14.0. The zero-order valence-electron chi connectivity index (χ0n) is 17.2. The predicted octanol–water partition coefficient (Wildman–Crippen LogP) is 3.42. The number of benzene rings is 2. The van der Waals surface area contributed by atoms with Gasteiger partial charge in [0.05, 0.1) is 0 Å². The van der Waals surface area contributed by atoms with Crippen LogP contribution in [0.2, 0.25) is 0 Å². The van der Waals surface area contributed by atoms with Crippen molar-refractivity contribution in [3.05, 3.63) is 60.5 Å². The van der Waals surface area contributed by atoms with Crippen LogP contribution in [0.5, 0.6) is 5.75 Å². The summed E-state index contributed by atoms with van der Waals surface area (Å²) in [6.45, 7) is 5.16. The molecule has 1 aliphatic heterocycles. The van der Waals surface area contributed by atoms with Gasteiger partial charge in [0.15, 0.2) is 6.61 Å². The van der Waals surface area contributed by atoms with Gasteiger partial charge in [0.25, 0.3) is 5.91 Å². The standard InChI is InChI=1S/C23H26N4O3/c1-2-6-21-24-25-23(30-21)18-9-11-20(12-10-18)29-17-22(28)27-15-13-26(14-16-27)19-7-4-3-5-8-19/h3-5,7-12H,2,6,13-17H2,1H3. The first kappa shape index (κ1) is 19.9. The molecule has 1 saturated heterocycles. The van der Waals surface area contributed by atoms with Gasteiger partial charge in [-0.2, -0.15) is 0 Å². The Labute approximate surface area is 176 Å². The molecule has 1 aliphatic rings. The molecule has 0 radical (unpaired) electrons. The molecule has 1 amide bonds. The average molecular weight is 406 g/mol. The van der Waals surface area contributed by atoms with Crippen LogP contribution in [0.1, 0.15) is 19.2 Å². The van der Waals surface area contributed by atoms with Crippen molar-refractivity contribution in [2.45, 2.75) is 19.8 Å². The molecule has 4 rings (SSSR count). The molecule has 1 aromatic heterocycles. The second-order valence-corrected chi connectivity index (χ2v) is 7.27. The molecule has 7 heteroatoms.